The number of amides is 2. The third kappa shape index (κ3) is 3.33. The third-order valence-electron chi connectivity index (χ3n) is 5.18. The van der Waals surface area contributed by atoms with Crippen LogP contribution in [-0.4, -0.2) is 36.7 Å². The molecule has 0 radical (unpaired) electrons. The summed E-state index contributed by atoms with van der Waals surface area (Å²) in [5.74, 6) is 1.35. The van der Waals surface area contributed by atoms with E-state index in [1.165, 1.54) is 0 Å². The molecule has 3 aromatic rings. The smallest absolute Gasteiger partial charge is 0.322 e. The number of anilines is 1. The van der Waals surface area contributed by atoms with Gasteiger partial charge in [-0.25, -0.2) is 4.79 Å². The van der Waals surface area contributed by atoms with Crippen molar-refractivity contribution in [2.45, 2.75) is 18.9 Å². The van der Waals surface area contributed by atoms with E-state index in [-0.39, 0.29) is 12.1 Å². The molecule has 144 valence electrons. The fourth-order valence-electron chi connectivity index (χ4n) is 3.81. The molecular weight excluding hydrogens is 354 g/mol. The van der Waals surface area contributed by atoms with E-state index in [0.717, 1.165) is 35.0 Å². The number of carbonyl (C=O) groups excluding carboxylic acids is 1. The number of aromatic nitrogens is 1. The molecule has 6 nitrogen and oxygen atoms in total. The maximum Gasteiger partial charge on any atom is 0.322 e. The number of likely N-dealkylation sites (tertiary alicyclic amines) is 1. The van der Waals surface area contributed by atoms with Gasteiger partial charge in [0.05, 0.1) is 31.5 Å². The van der Waals surface area contributed by atoms with E-state index >= 15 is 0 Å². The Balaban J connectivity index is 1.59. The van der Waals surface area contributed by atoms with Crippen LogP contribution in [0.5, 0.6) is 11.5 Å². The Kier molecular flexibility index (Phi) is 5.02. The van der Waals surface area contributed by atoms with Crippen molar-refractivity contribution < 1.29 is 14.3 Å². The van der Waals surface area contributed by atoms with Gasteiger partial charge in [-0.15, -0.1) is 0 Å². The van der Waals surface area contributed by atoms with E-state index in [0.29, 0.717) is 18.0 Å². The summed E-state index contributed by atoms with van der Waals surface area (Å²) in [6, 6.07) is 15.4. The molecular formula is C22H23N3O3. The normalized spacial score (nSPS) is 16.2. The SMILES string of the molecule is COc1ccc([C@H]2CCCN2C(=O)Nc2cccc3cccnc23)cc1OC. The van der Waals surface area contributed by atoms with Crippen LogP contribution in [0.2, 0.25) is 0 Å². The van der Waals surface area contributed by atoms with Crippen LogP contribution in [0, 0.1) is 0 Å². The fourth-order valence-corrected chi connectivity index (χ4v) is 3.81. The van der Waals surface area contributed by atoms with Gasteiger partial charge in [0, 0.05) is 18.1 Å². The minimum atomic E-state index is -0.115. The largest absolute Gasteiger partial charge is 0.493 e. The minimum Gasteiger partial charge on any atom is -0.493 e. The first-order valence-electron chi connectivity index (χ1n) is 9.34. The number of rotatable bonds is 4. The van der Waals surface area contributed by atoms with Crippen molar-refractivity contribution in [3.8, 4) is 11.5 Å². The monoisotopic (exact) mass is 377 g/mol. The van der Waals surface area contributed by atoms with Gasteiger partial charge in [-0.2, -0.15) is 0 Å². The van der Waals surface area contributed by atoms with Crippen LogP contribution in [0.1, 0.15) is 24.4 Å². The van der Waals surface area contributed by atoms with Gasteiger partial charge in [0.25, 0.3) is 0 Å². The van der Waals surface area contributed by atoms with Gasteiger partial charge in [-0.1, -0.05) is 24.3 Å². The van der Waals surface area contributed by atoms with Crippen LogP contribution < -0.4 is 14.8 Å². The molecule has 0 aliphatic carbocycles. The number of ether oxygens (including phenoxy) is 2. The average molecular weight is 377 g/mol. The zero-order valence-corrected chi connectivity index (χ0v) is 16.0. The summed E-state index contributed by atoms with van der Waals surface area (Å²) in [6.45, 7) is 0.711. The second-order valence-electron chi connectivity index (χ2n) is 6.78. The molecule has 1 fully saturated rings. The number of para-hydroxylation sites is 1. The number of hydrogen-bond acceptors (Lipinski definition) is 4. The summed E-state index contributed by atoms with van der Waals surface area (Å²) in [7, 11) is 3.24. The van der Waals surface area contributed by atoms with Crippen LogP contribution in [0.25, 0.3) is 10.9 Å². The van der Waals surface area contributed by atoms with Gasteiger partial charge in [0.15, 0.2) is 11.5 Å². The van der Waals surface area contributed by atoms with Crippen molar-refractivity contribution >= 4 is 22.6 Å². The van der Waals surface area contributed by atoms with Crippen LogP contribution in [-0.2, 0) is 0 Å². The van der Waals surface area contributed by atoms with Crippen LogP contribution in [0.4, 0.5) is 10.5 Å². The van der Waals surface area contributed by atoms with Gasteiger partial charge in [0.1, 0.15) is 0 Å². The third-order valence-corrected chi connectivity index (χ3v) is 5.18. The zero-order chi connectivity index (χ0) is 19.5. The van der Waals surface area contributed by atoms with E-state index in [9.17, 15) is 4.79 Å². The number of nitrogens with zero attached hydrogens (tertiary/aromatic N) is 2. The molecule has 1 aliphatic rings. The van der Waals surface area contributed by atoms with E-state index in [2.05, 4.69) is 10.3 Å². The molecule has 1 atom stereocenters. The van der Waals surface area contributed by atoms with Crippen molar-refractivity contribution in [2.24, 2.45) is 0 Å². The van der Waals surface area contributed by atoms with E-state index in [4.69, 9.17) is 9.47 Å². The highest BCUT2D eigenvalue weighted by molar-refractivity contribution is 5.99. The van der Waals surface area contributed by atoms with Crippen molar-refractivity contribution in [3.63, 3.8) is 0 Å². The molecule has 28 heavy (non-hydrogen) atoms. The van der Waals surface area contributed by atoms with E-state index in [1.54, 1.807) is 20.4 Å². The van der Waals surface area contributed by atoms with Crippen LogP contribution >= 0.6 is 0 Å². The molecule has 0 unspecified atom stereocenters. The summed E-state index contributed by atoms with van der Waals surface area (Å²) in [5.41, 5.74) is 2.56. The summed E-state index contributed by atoms with van der Waals surface area (Å²) < 4.78 is 10.7. The predicted molar refractivity (Wildman–Crippen MR) is 109 cm³/mol. The highest BCUT2D eigenvalue weighted by atomic mass is 16.5. The topological polar surface area (TPSA) is 63.7 Å². The fraction of sp³-hybridized carbons (Fsp3) is 0.273. The summed E-state index contributed by atoms with van der Waals surface area (Å²) in [5, 5.41) is 4.04. The highest BCUT2D eigenvalue weighted by Crippen LogP contribution is 2.37. The maximum atomic E-state index is 13.1. The molecule has 4 rings (SSSR count). The Morgan fingerprint density at radius 1 is 1.11 bits per heavy atom. The molecule has 0 spiro atoms. The Morgan fingerprint density at radius 2 is 1.93 bits per heavy atom. The number of pyridine rings is 1. The van der Waals surface area contributed by atoms with Gasteiger partial charge >= 0.3 is 6.03 Å². The summed E-state index contributed by atoms with van der Waals surface area (Å²) in [4.78, 5) is 19.3. The van der Waals surface area contributed by atoms with E-state index in [1.807, 2.05) is 53.4 Å². The number of methoxy groups -OCH3 is 2. The number of carbonyl (C=O) groups is 1. The van der Waals surface area contributed by atoms with Crippen molar-refractivity contribution in [1.29, 1.82) is 0 Å². The predicted octanol–water partition coefficient (Wildman–Crippen LogP) is 4.62. The summed E-state index contributed by atoms with van der Waals surface area (Å²) in [6.07, 6.45) is 3.61. The molecule has 1 saturated heterocycles. The molecule has 6 heteroatoms. The lowest BCUT2D eigenvalue weighted by Gasteiger charge is -2.26. The molecule has 1 aromatic heterocycles. The van der Waals surface area contributed by atoms with Crippen molar-refractivity contribution in [2.75, 3.05) is 26.1 Å². The quantitative estimate of drug-likeness (QED) is 0.720. The molecule has 2 aromatic carbocycles. The number of hydrogen-bond donors (Lipinski definition) is 1. The lowest BCUT2D eigenvalue weighted by molar-refractivity contribution is 0.207. The lowest BCUT2D eigenvalue weighted by Crippen LogP contribution is -2.34. The number of fused-ring (bicyclic) bond motifs is 1. The standard InChI is InChI=1S/C22H23N3O3/c1-27-19-11-10-16(14-20(19)28-2)18-9-5-13-25(18)22(26)24-17-8-3-6-15-7-4-12-23-21(15)17/h3-4,6-8,10-12,14,18H,5,9,13H2,1-2H3,(H,24,26)/t18-/m1/s1. The molecule has 2 heterocycles. The maximum absolute atomic E-state index is 13.1. The Labute approximate surface area is 164 Å². The summed E-state index contributed by atoms with van der Waals surface area (Å²) >= 11 is 0. The Hall–Kier alpha value is -3.28. The molecule has 0 bridgehead atoms. The number of nitrogens with one attached hydrogen (secondary N) is 1. The Bertz CT molecular complexity index is 1000. The van der Waals surface area contributed by atoms with Crippen molar-refractivity contribution in [3.05, 3.63) is 60.3 Å². The number of benzene rings is 2. The van der Waals surface area contributed by atoms with Gasteiger partial charge in [-0.3, -0.25) is 4.98 Å². The van der Waals surface area contributed by atoms with Gasteiger partial charge < -0.3 is 19.7 Å². The van der Waals surface area contributed by atoms with Gasteiger partial charge in [-0.05, 0) is 42.7 Å². The molecule has 2 amide bonds. The van der Waals surface area contributed by atoms with Crippen LogP contribution in [0.15, 0.2) is 54.7 Å². The number of urea groups is 1. The van der Waals surface area contributed by atoms with Gasteiger partial charge in [0.2, 0.25) is 0 Å². The van der Waals surface area contributed by atoms with Crippen molar-refractivity contribution in [1.82, 2.24) is 9.88 Å². The minimum absolute atomic E-state index is 0.00254. The lowest BCUT2D eigenvalue weighted by atomic mass is 10.0. The van der Waals surface area contributed by atoms with Crippen LogP contribution in [0.3, 0.4) is 0 Å². The molecule has 0 saturated carbocycles. The first-order valence-corrected chi connectivity index (χ1v) is 9.34. The molecule has 1 aliphatic heterocycles. The Morgan fingerprint density at radius 3 is 2.75 bits per heavy atom. The molecule has 1 N–H and O–H groups in total. The van der Waals surface area contributed by atoms with E-state index < -0.39 is 0 Å². The second-order valence-corrected chi connectivity index (χ2v) is 6.78. The zero-order valence-electron chi connectivity index (χ0n) is 16.0. The average Bonchev–Trinajstić information content (AvgIpc) is 3.23. The first-order chi connectivity index (χ1) is 13.7. The highest BCUT2D eigenvalue weighted by Gasteiger charge is 2.31. The second kappa shape index (κ2) is 7.76. The first kappa shape index (κ1) is 18.1.